The molecule has 0 radical (unpaired) electrons. The second-order valence-electron chi connectivity index (χ2n) is 7.36. The molecule has 0 saturated heterocycles. The van der Waals surface area contributed by atoms with Gasteiger partial charge in [0, 0.05) is 12.4 Å². The molecule has 33 heavy (non-hydrogen) atoms. The average molecular weight is 449 g/mol. The fourth-order valence-electron chi connectivity index (χ4n) is 3.54. The molecule has 0 aliphatic heterocycles. The fraction of sp³-hybridized carbons (Fsp3) is 0.321. The second-order valence-corrected chi connectivity index (χ2v) is 7.36. The SMILES string of the molecule is C=CCc1ccc(C(Cc2ccccc2)NC(=O)CC=NC=C)c(C2CC2)c1.CC.O=CO. The molecule has 5 heteroatoms. The van der Waals surface area contributed by atoms with Crippen LogP contribution in [0.15, 0.2) is 79.0 Å². The van der Waals surface area contributed by atoms with Gasteiger partial charge in [0.1, 0.15) is 0 Å². The monoisotopic (exact) mass is 448 g/mol. The Labute approximate surface area is 198 Å². The number of carboxylic acid groups (broad SMARTS) is 1. The molecule has 1 fully saturated rings. The predicted octanol–water partition coefficient (Wildman–Crippen LogP) is 6.02. The third-order valence-corrected chi connectivity index (χ3v) is 5.03. The van der Waals surface area contributed by atoms with Gasteiger partial charge >= 0.3 is 0 Å². The Bertz CT molecular complexity index is 903. The van der Waals surface area contributed by atoms with Crippen LogP contribution >= 0.6 is 0 Å². The van der Waals surface area contributed by atoms with E-state index in [-0.39, 0.29) is 24.8 Å². The van der Waals surface area contributed by atoms with Gasteiger partial charge in [0.25, 0.3) is 6.47 Å². The molecule has 2 aromatic carbocycles. The van der Waals surface area contributed by atoms with Gasteiger partial charge < -0.3 is 10.4 Å². The van der Waals surface area contributed by atoms with Gasteiger partial charge in [0.2, 0.25) is 5.91 Å². The third-order valence-electron chi connectivity index (χ3n) is 5.03. The van der Waals surface area contributed by atoms with Crippen molar-refractivity contribution < 1.29 is 14.7 Å². The molecule has 1 saturated carbocycles. The van der Waals surface area contributed by atoms with Crippen LogP contribution in [-0.4, -0.2) is 23.7 Å². The van der Waals surface area contributed by atoms with Crippen LogP contribution in [0.5, 0.6) is 0 Å². The number of benzene rings is 2. The van der Waals surface area contributed by atoms with Crippen molar-refractivity contribution in [1.82, 2.24) is 5.32 Å². The van der Waals surface area contributed by atoms with Crippen LogP contribution in [-0.2, 0) is 22.4 Å². The summed E-state index contributed by atoms with van der Waals surface area (Å²) in [6, 6.07) is 16.9. The molecule has 0 heterocycles. The Morgan fingerprint density at radius 1 is 1.15 bits per heavy atom. The zero-order valence-electron chi connectivity index (χ0n) is 19.7. The van der Waals surface area contributed by atoms with E-state index in [0.29, 0.717) is 5.92 Å². The van der Waals surface area contributed by atoms with Gasteiger partial charge in [-0.15, -0.1) is 6.58 Å². The molecule has 1 unspecified atom stereocenters. The summed E-state index contributed by atoms with van der Waals surface area (Å²) in [5.41, 5.74) is 5.10. The van der Waals surface area contributed by atoms with Gasteiger partial charge in [-0.2, -0.15) is 0 Å². The summed E-state index contributed by atoms with van der Waals surface area (Å²) >= 11 is 0. The fourth-order valence-corrected chi connectivity index (χ4v) is 3.54. The van der Waals surface area contributed by atoms with E-state index < -0.39 is 0 Å². The number of amides is 1. The van der Waals surface area contributed by atoms with Crippen LogP contribution in [0.2, 0.25) is 0 Å². The first-order valence-corrected chi connectivity index (χ1v) is 11.4. The van der Waals surface area contributed by atoms with E-state index in [9.17, 15) is 4.79 Å². The van der Waals surface area contributed by atoms with Crippen molar-refractivity contribution in [2.75, 3.05) is 0 Å². The summed E-state index contributed by atoms with van der Waals surface area (Å²) in [5.74, 6) is 0.584. The Morgan fingerprint density at radius 2 is 1.82 bits per heavy atom. The standard InChI is InChI=1S/C25H28N2O.C2H6.CH2O2/c1-3-8-19-11-14-22(23(17-19)21-12-13-21)24(18-20-9-6-5-7-10-20)27-25(28)15-16-26-4-2;1-2;2-1-3/h3-7,9-11,14,16-17,21,24H,1-2,8,12-13,15,18H2,(H,27,28);1-2H3;1H,(H,2,3). The molecular weight excluding hydrogens is 412 g/mol. The lowest BCUT2D eigenvalue weighted by atomic mass is 9.90. The molecule has 0 aromatic heterocycles. The van der Waals surface area contributed by atoms with Crippen molar-refractivity contribution >= 4 is 18.6 Å². The van der Waals surface area contributed by atoms with Crippen LogP contribution < -0.4 is 5.32 Å². The summed E-state index contributed by atoms with van der Waals surface area (Å²) in [5, 5.41) is 10.1. The molecular formula is C28H36N2O3. The Morgan fingerprint density at radius 3 is 2.39 bits per heavy atom. The van der Waals surface area contributed by atoms with Crippen molar-refractivity contribution in [2.24, 2.45) is 4.99 Å². The number of nitrogens with one attached hydrogen (secondary N) is 1. The summed E-state index contributed by atoms with van der Waals surface area (Å²) in [4.78, 5) is 24.8. The maximum atomic E-state index is 12.5. The van der Waals surface area contributed by atoms with E-state index in [1.807, 2.05) is 38.1 Å². The predicted molar refractivity (Wildman–Crippen MR) is 137 cm³/mol. The number of hydrogen-bond acceptors (Lipinski definition) is 3. The van der Waals surface area contributed by atoms with E-state index in [0.717, 1.165) is 12.8 Å². The van der Waals surface area contributed by atoms with E-state index in [1.54, 1.807) is 6.21 Å². The number of hydrogen-bond donors (Lipinski definition) is 2. The minimum atomic E-state index is -0.250. The first-order chi connectivity index (χ1) is 16.1. The van der Waals surface area contributed by atoms with Gasteiger partial charge in [0.05, 0.1) is 12.5 Å². The molecule has 2 N–H and O–H groups in total. The van der Waals surface area contributed by atoms with Crippen LogP contribution in [0.3, 0.4) is 0 Å². The Kier molecular flexibility index (Phi) is 13.5. The molecule has 176 valence electrons. The molecule has 1 aliphatic carbocycles. The molecule has 1 aliphatic rings. The van der Waals surface area contributed by atoms with E-state index >= 15 is 0 Å². The molecule has 1 atom stereocenters. The normalized spacial score (nSPS) is 12.9. The Balaban J connectivity index is 0.00000101. The van der Waals surface area contributed by atoms with Gasteiger partial charge in [-0.25, -0.2) is 0 Å². The Hall–Kier alpha value is -3.47. The highest BCUT2D eigenvalue weighted by Crippen LogP contribution is 2.44. The lowest BCUT2D eigenvalue weighted by molar-refractivity contribution is -0.123. The van der Waals surface area contributed by atoms with Crippen molar-refractivity contribution in [2.45, 2.75) is 57.9 Å². The topological polar surface area (TPSA) is 78.8 Å². The van der Waals surface area contributed by atoms with Crippen LogP contribution in [0.25, 0.3) is 0 Å². The van der Waals surface area contributed by atoms with Gasteiger partial charge in [-0.1, -0.05) is 75.0 Å². The molecule has 0 bridgehead atoms. The second kappa shape index (κ2) is 16.2. The number of carbonyl (C=O) groups is 2. The zero-order chi connectivity index (χ0) is 24.5. The largest absolute Gasteiger partial charge is 0.483 e. The first kappa shape index (κ1) is 27.6. The third kappa shape index (κ3) is 10.1. The molecule has 5 nitrogen and oxygen atoms in total. The van der Waals surface area contributed by atoms with Crippen molar-refractivity contribution in [1.29, 1.82) is 0 Å². The average Bonchev–Trinajstić information content (AvgIpc) is 3.67. The van der Waals surface area contributed by atoms with E-state index in [1.165, 1.54) is 41.3 Å². The number of rotatable bonds is 10. The zero-order valence-corrected chi connectivity index (χ0v) is 19.7. The smallest absolute Gasteiger partial charge is 0.290 e. The van der Waals surface area contributed by atoms with Crippen molar-refractivity contribution in [3.63, 3.8) is 0 Å². The summed E-state index contributed by atoms with van der Waals surface area (Å²) in [6.07, 6.45) is 9.32. The highest BCUT2D eigenvalue weighted by molar-refractivity contribution is 5.90. The quantitative estimate of drug-likeness (QED) is 0.265. The number of allylic oxidation sites excluding steroid dienone is 1. The van der Waals surface area contributed by atoms with E-state index in [4.69, 9.17) is 9.90 Å². The lowest BCUT2D eigenvalue weighted by Gasteiger charge is -2.23. The first-order valence-electron chi connectivity index (χ1n) is 11.4. The highest BCUT2D eigenvalue weighted by atomic mass is 16.3. The van der Waals surface area contributed by atoms with Crippen LogP contribution in [0, 0.1) is 0 Å². The van der Waals surface area contributed by atoms with Crippen LogP contribution in [0.1, 0.15) is 67.3 Å². The summed E-state index contributed by atoms with van der Waals surface area (Å²) in [7, 11) is 0. The van der Waals surface area contributed by atoms with Gasteiger partial charge in [-0.3, -0.25) is 14.6 Å². The van der Waals surface area contributed by atoms with E-state index in [2.05, 4.69) is 53.8 Å². The maximum absolute atomic E-state index is 12.5. The molecule has 1 amide bonds. The number of carbonyl (C=O) groups excluding carboxylic acids is 1. The van der Waals surface area contributed by atoms with Crippen molar-refractivity contribution in [3.8, 4) is 0 Å². The minimum Gasteiger partial charge on any atom is -0.483 e. The van der Waals surface area contributed by atoms with Crippen LogP contribution in [0.4, 0.5) is 0 Å². The highest BCUT2D eigenvalue weighted by Gasteiger charge is 2.29. The summed E-state index contributed by atoms with van der Waals surface area (Å²) in [6.45, 7) is 11.2. The molecule has 2 aromatic rings. The minimum absolute atomic E-state index is 0.0246. The lowest BCUT2D eigenvalue weighted by Crippen LogP contribution is -2.30. The number of aliphatic imine (C=N–C) groups is 1. The molecule has 0 spiro atoms. The van der Waals surface area contributed by atoms with Gasteiger partial charge in [-0.05, 0) is 53.9 Å². The number of nitrogens with zero attached hydrogens (tertiary/aromatic N) is 1. The molecule has 3 rings (SSSR count). The van der Waals surface area contributed by atoms with Gasteiger partial charge in [0.15, 0.2) is 0 Å². The summed E-state index contributed by atoms with van der Waals surface area (Å²) < 4.78 is 0. The maximum Gasteiger partial charge on any atom is 0.290 e. The van der Waals surface area contributed by atoms with Crippen molar-refractivity contribution in [3.05, 3.63) is 96.2 Å².